The summed E-state index contributed by atoms with van der Waals surface area (Å²) in [4.78, 5) is 0. The van der Waals surface area contributed by atoms with Gasteiger partial charge in [-0.2, -0.15) is 17.4 Å². The van der Waals surface area contributed by atoms with Crippen molar-refractivity contribution in [2.75, 3.05) is 26.8 Å². The van der Waals surface area contributed by atoms with E-state index in [2.05, 4.69) is 10.0 Å². The van der Waals surface area contributed by atoms with E-state index in [-0.39, 0.29) is 0 Å². The van der Waals surface area contributed by atoms with Gasteiger partial charge in [-0.15, -0.1) is 0 Å². The molecule has 2 N–H and O–H groups in total. The lowest BCUT2D eigenvalue weighted by molar-refractivity contribution is 0.463. The zero-order valence-corrected chi connectivity index (χ0v) is 8.02. The summed E-state index contributed by atoms with van der Waals surface area (Å²) in [5.41, 5.74) is 0. The lowest BCUT2D eigenvalue weighted by Gasteiger charge is -2.15. The molecule has 1 aliphatic rings. The predicted octanol–water partition coefficient (Wildman–Crippen LogP) is -0.906. The molecule has 0 aliphatic carbocycles. The first-order valence-corrected chi connectivity index (χ1v) is 5.50. The lowest BCUT2D eigenvalue weighted by Crippen LogP contribution is -2.42. The number of rotatable bonds is 4. The average molecular weight is 193 g/mol. The SMILES string of the molecule is CNCNS(=O)(=O)N1CCCC1. The van der Waals surface area contributed by atoms with Gasteiger partial charge in [0.2, 0.25) is 0 Å². The molecule has 1 heterocycles. The van der Waals surface area contributed by atoms with Crippen LogP contribution in [0.5, 0.6) is 0 Å². The van der Waals surface area contributed by atoms with E-state index in [0.29, 0.717) is 19.8 Å². The Morgan fingerprint density at radius 3 is 2.42 bits per heavy atom. The van der Waals surface area contributed by atoms with Gasteiger partial charge in [0.25, 0.3) is 10.2 Å². The second kappa shape index (κ2) is 4.18. The minimum atomic E-state index is -3.20. The summed E-state index contributed by atoms with van der Waals surface area (Å²) >= 11 is 0. The van der Waals surface area contributed by atoms with E-state index in [1.807, 2.05) is 0 Å². The van der Waals surface area contributed by atoms with Crippen molar-refractivity contribution in [3.05, 3.63) is 0 Å². The molecule has 12 heavy (non-hydrogen) atoms. The van der Waals surface area contributed by atoms with Gasteiger partial charge in [0.15, 0.2) is 0 Å². The summed E-state index contributed by atoms with van der Waals surface area (Å²) < 4.78 is 26.6. The first-order chi connectivity index (χ1) is 5.67. The molecule has 6 heteroatoms. The number of hydrogen-bond acceptors (Lipinski definition) is 3. The molecule has 0 aromatic heterocycles. The van der Waals surface area contributed by atoms with Gasteiger partial charge in [-0.3, -0.25) is 0 Å². The van der Waals surface area contributed by atoms with Crippen LogP contribution < -0.4 is 10.0 Å². The average Bonchev–Trinajstić information content (AvgIpc) is 2.53. The molecule has 0 aromatic rings. The zero-order chi connectivity index (χ0) is 9.03. The molecular weight excluding hydrogens is 178 g/mol. The molecule has 1 rings (SSSR count). The number of nitrogens with zero attached hydrogens (tertiary/aromatic N) is 1. The topological polar surface area (TPSA) is 61.4 Å². The summed E-state index contributed by atoms with van der Waals surface area (Å²) in [5.74, 6) is 0. The predicted molar refractivity (Wildman–Crippen MR) is 46.8 cm³/mol. The Balaban J connectivity index is 2.46. The second-order valence-electron chi connectivity index (χ2n) is 2.79. The highest BCUT2D eigenvalue weighted by Crippen LogP contribution is 2.10. The quantitative estimate of drug-likeness (QED) is 0.568. The van der Waals surface area contributed by atoms with Crippen molar-refractivity contribution >= 4 is 10.2 Å². The Labute approximate surface area is 73.3 Å². The first kappa shape index (κ1) is 9.91. The summed E-state index contributed by atoms with van der Waals surface area (Å²) in [6.07, 6.45) is 1.95. The molecule has 0 amide bonds. The van der Waals surface area contributed by atoms with Crippen LogP contribution in [0.4, 0.5) is 0 Å². The smallest absolute Gasteiger partial charge is 0.280 e. The van der Waals surface area contributed by atoms with E-state index in [9.17, 15) is 8.42 Å². The molecule has 0 bridgehead atoms. The molecule has 1 saturated heterocycles. The van der Waals surface area contributed by atoms with Gasteiger partial charge >= 0.3 is 0 Å². The molecule has 0 radical (unpaired) electrons. The van der Waals surface area contributed by atoms with Crippen LogP contribution in [0, 0.1) is 0 Å². The van der Waals surface area contributed by atoms with Crippen LogP contribution in [0.1, 0.15) is 12.8 Å². The minimum Gasteiger partial charge on any atom is -0.307 e. The Hall–Kier alpha value is -0.170. The van der Waals surface area contributed by atoms with Gasteiger partial charge < -0.3 is 5.32 Å². The highest BCUT2D eigenvalue weighted by Gasteiger charge is 2.23. The molecule has 72 valence electrons. The monoisotopic (exact) mass is 193 g/mol. The molecule has 5 nitrogen and oxygen atoms in total. The Morgan fingerprint density at radius 2 is 1.92 bits per heavy atom. The molecular formula is C6H15N3O2S. The van der Waals surface area contributed by atoms with Crippen molar-refractivity contribution < 1.29 is 8.42 Å². The molecule has 1 aliphatic heterocycles. The van der Waals surface area contributed by atoms with E-state index >= 15 is 0 Å². The van der Waals surface area contributed by atoms with Crippen molar-refractivity contribution in [3.63, 3.8) is 0 Å². The normalized spacial score (nSPS) is 20.1. The van der Waals surface area contributed by atoms with Crippen molar-refractivity contribution in [2.24, 2.45) is 0 Å². The van der Waals surface area contributed by atoms with Crippen LogP contribution in [0.15, 0.2) is 0 Å². The van der Waals surface area contributed by atoms with Crippen LogP contribution in [0.3, 0.4) is 0 Å². The van der Waals surface area contributed by atoms with Crippen molar-refractivity contribution in [1.82, 2.24) is 14.3 Å². The van der Waals surface area contributed by atoms with Gasteiger partial charge in [0.1, 0.15) is 0 Å². The van der Waals surface area contributed by atoms with Crippen molar-refractivity contribution in [1.29, 1.82) is 0 Å². The molecule has 0 aromatic carbocycles. The van der Waals surface area contributed by atoms with Gasteiger partial charge in [0, 0.05) is 13.1 Å². The van der Waals surface area contributed by atoms with Crippen molar-refractivity contribution in [3.8, 4) is 0 Å². The Kier molecular flexibility index (Phi) is 3.45. The summed E-state index contributed by atoms with van der Waals surface area (Å²) in [5, 5.41) is 2.73. The fourth-order valence-corrected chi connectivity index (χ4v) is 2.43. The Morgan fingerprint density at radius 1 is 1.33 bits per heavy atom. The van der Waals surface area contributed by atoms with Gasteiger partial charge in [0.05, 0.1) is 6.67 Å². The standard InChI is InChI=1S/C6H15N3O2S/c1-7-6-8-12(10,11)9-4-2-3-5-9/h7-8H,2-6H2,1H3. The highest BCUT2D eigenvalue weighted by molar-refractivity contribution is 7.87. The number of nitrogens with one attached hydrogen (secondary N) is 2. The maximum absolute atomic E-state index is 11.4. The lowest BCUT2D eigenvalue weighted by atomic mass is 10.4. The van der Waals surface area contributed by atoms with Gasteiger partial charge in [-0.05, 0) is 19.9 Å². The van der Waals surface area contributed by atoms with Crippen LogP contribution in [0.25, 0.3) is 0 Å². The van der Waals surface area contributed by atoms with Crippen LogP contribution >= 0.6 is 0 Å². The third kappa shape index (κ3) is 2.41. The zero-order valence-electron chi connectivity index (χ0n) is 7.21. The fraction of sp³-hybridized carbons (Fsp3) is 1.00. The Bertz CT molecular complexity index is 221. The summed E-state index contributed by atoms with van der Waals surface area (Å²) in [7, 11) is -1.50. The van der Waals surface area contributed by atoms with E-state index in [1.165, 1.54) is 4.31 Å². The first-order valence-electron chi connectivity index (χ1n) is 4.06. The second-order valence-corrected chi connectivity index (χ2v) is 4.54. The maximum atomic E-state index is 11.4. The molecule has 1 fully saturated rings. The molecule has 0 atom stereocenters. The minimum absolute atomic E-state index is 0.291. The van der Waals surface area contributed by atoms with E-state index in [4.69, 9.17) is 0 Å². The molecule has 0 spiro atoms. The summed E-state index contributed by atoms with van der Waals surface area (Å²) in [6, 6.07) is 0. The largest absolute Gasteiger partial charge is 0.307 e. The van der Waals surface area contributed by atoms with Gasteiger partial charge in [-0.25, -0.2) is 0 Å². The molecule has 0 unspecified atom stereocenters. The molecule has 0 saturated carbocycles. The fourth-order valence-electron chi connectivity index (χ4n) is 1.18. The van der Waals surface area contributed by atoms with Crippen LogP contribution in [-0.2, 0) is 10.2 Å². The maximum Gasteiger partial charge on any atom is 0.280 e. The van der Waals surface area contributed by atoms with Crippen LogP contribution in [-0.4, -0.2) is 39.5 Å². The van der Waals surface area contributed by atoms with E-state index in [0.717, 1.165) is 12.8 Å². The van der Waals surface area contributed by atoms with E-state index in [1.54, 1.807) is 7.05 Å². The third-order valence-electron chi connectivity index (χ3n) is 1.84. The van der Waals surface area contributed by atoms with Gasteiger partial charge in [-0.1, -0.05) is 0 Å². The third-order valence-corrected chi connectivity index (χ3v) is 3.39. The number of hydrogen-bond donors (Lipinski definition) is 2. The summed E-state index contributed by atoms with van der Waals surface area (Å²) in [6.45, 7) is 1.59. The van der Waals surface area contributed by atoms with Crippen molar-refractivity contribution in [2.45, 2.75) is 12.8 Å². The van der Waals surface area contributed by atoms with Crippen LogP contribution in [0.2, 0.25) is 0 Å². The highest BCUT2D eigenvalue weighted by atomic mass is 32.2. The van der Waals surface area contributed by atoms with E-state index < -0.39 is 10.2 Å².